The first kappa shape index (κ1) is 16.8. The predicted molar refractivity (Wildman–Crippen MR) is 82.1 cm³/mol. The Kier molecular flexibility index (Phi) is 6.82. The van der Waals surface area contributed by atoms with E-state index in [9.17, 15) is 4.79 Å². The van der Waals surface area contributed by atoms with Gasteiger partial charge in [-0.1, -0.05) is 37.3 Å². The van der Waals surface area contributed by atoms with Crippen molar-refractivity contribution in [3.63, 3.8) is 0 Å². The lowest BCUT2D eigenvalue weighted by molar-refractivity contribution is 0.0768. The van der Waals surface area contributed by atoms with Crippen LogP contribution in [-0.2, 0) is 11.3 Å². The second-order valence-electron chi connectivity index (χ2n) is 5.12. The van der Waals surface area contributed by atoms with Gasteiger partial charge in [0.1, 0.15) is 0 Å². The molecule has 1 aliphatic rings. The van der Waals surface area contributed by atoms with Crippen molar-refractivity contribution in [2.24, 2.45) is 5.92 Å². The number of benzene rings is 1. The van der Waals surface area contributed by atoms with E-state index in [1.807, 2.05) is 35.2 Å². The highest BCUT2D eigenvalue weighted by Gasteiger charge is 2.30. The molecule has 0 saturated carbocycles. The minimum absolute atomic E-state index is 0. The molecule has 2 atom stereocenters. The fourth-order valence-electron chi connectivity index (χ4n) is 2.61. The highest BCUT2D eigenvalue weighted by molar-refractivity contribution is 5.85. The third-order valence-electron chi connectivity index (χ3n) is 3.79. The van der Waals surface area contributed by atoms with E-state index >= 15 is 0 Å². The monoisotopic (exact) mass is 298 g/mol. The van der Waals surface area contributed by atoms with Crippen LogP contribution in [0.4, 0.5) is 4.79 Å². The third-order valence-corrected chi connectivity index (χ3v) is 3.79. The van der Waals surface area contributed by atoms with Crippen LogP contribution >= 0.6 is 12.4 Å². The Labute approximate surface area is 126 Å². The maximum absolute atomic E-state index is 12.0. The molecule has 112 valence electrons. The normalized spacial score (nSPS) is 21.7. The maximum Gasteiger partial charge on any atom is 0.410 e. The van der Waals surface area contributed by atoms with Gasteiger partial charge in [-0.25, -0.2) is 4.79 Å². The molecule has 1 aromatic carbocycles. The molecule has 1 N–H and O–H groups in total. The molecule has 0 aliphatic carbocycles. The first-order chi connectivity index (χ1) is 9.22. The number of ether oxygens (including phenoxy) is 1. The van der Waals surface area contributed by atoms with Gasteiger partial charge in [0.05, 0.1) is 13.2 Å². The molecule has 1 heterocycles. The van der Waals surface area contributed by atoms with Crippen LogP contribution in [0.25, 0.3) is 0 Å². The molecular weight excluding hydrogens is 276 g/mol. The summed E-state index contributed by atoms with van der Waals surface area (Å²) in [7, 11) is 1.45. The molecule has 2 unspecified atom stereocenters. The van der Waals surface area contributed by atoms with Crippen LogP contribution in [0.2, 0.25) is 0 Å². The van der Waals surface area contributed by atoms with Crippen LogP contribution in [-0.4, -0.2) is 37.2 Å². The second-order valence-corrected chi connectivity index (χ2v) is 5.12. The summed E-state index contributed by atoms with van der Waals surface area (Å²) in [5.41, 5.74) is 1.13. The van der Waals surface area contributed by atoms with Gasteiger partial charge >= 0.3 is 6.09 Å². The molecule has 1 aromatic rings. The number of carbonyl (C=O) groups is 1. The third kappa shape index (κ3) is 4.12. The van der Waals surface area contributed by atoms with Gasteiger partial charge in [0, 0.05) is 13.1 Å². The average molecular weight is 299 g/mol. The Bertz CT molecular complexity index is 414. The molecule has 1 amide bonds. The van der Waals surface area contributed by atoms with E-state index in [1.165, 1.54) is 7.11 Å². The smallest absolute Gasteiger partial charge is 0.410 e. The number of amides is 1. The maximum atomic E-state index is 12.0. The number of carbonyl (C=O) groups excluding carboxylic acids is 1. The van der Waals surface area contributed by atoms with Crippen LogP contribution < -0.4 is 5.32 Å². The lowest BCUT2D eigenvalue weighted by Gasteiger charge is -2.38. The van der Waals surface area contributed by atoms with E-state index in [-0.39, 0.29) is 24.5 Å². The molecule has 0 spiro atoms. The molecule has 0 aromatic heterocycles. The highest BCUT2D eigenvalue weighted by atomic mass is 35.5. The number of nitrogens with zero attached hydrogens (tertiary/aromatic N) is 1. The number of rotatable bonds is 3. The van der Waals surface area contributed by atoms with Gasteiger partial charge in [-0.3, -0.25) is 4.90 Å². The molecule has 2 rings (SSSR count). The molecule has 0 radical (unpaired) electrons. The van der Waals surface area contributed by atoms with Crippen LogP contribution in [0.3, 0.4) is 0 Å². The van der Waals surface area contributed by atoms with Gasteiger partial charge in [-0.15, -0.1) is 12.4 Å². The summed E-state index contributed by atoms with van der Waals surface area (Å²) in [6, 6.07) is 10.2. The quantitative estimate of drug-likeness (QED) is 0.933. The summed E-state index contributed by atoms with van der Waals surface area (Å²) in [6.45, 7) is 4.66. The van der Waals surface area contributed by atoms with E-state index in [2.05, 4.69) is 12.2 Å². The zero-order valence-electron chi connectivity index (χ0n) is 12.0. The van der Waals surface area contributed by atoms with Gasteiger partial charge in [0.25, 0.3) is 0 Å². The van der Waals surface area contributed by atoms with Crippen molar-refractivity contribution in [3.8, 4) is 0 Å². The minimum atomic E-state index is -0.246. The summed E-state index contributed by atoms with van der Waals surface area (Å²) >= 11 is 0. The first-order valence-electron chi connectivity index (χ1n) is 6.81. The Morgan fingerprint density at radius 3 is 2.70 bits per heavy atom. The molecular formula is C15H23ClN2O2. The summed E-state index contributed by atoms with van der Waals surface area (Å²) in [6.07, 6.45) is 0.844. The Morgan fingerprint density at radius 2 is 2.10 bits per heavy atom. The topological polar surface area (TPSA) is 41.6 Å². The fourth-order valence-corrected chi connectivity index (χ4v) is 2.61. The predicted octanol–water partition coefficient (Wildman–Crippen LogP) is 2.67. The zero-order chi connectivity index (χ0) is 13.7. The number of halogens is 1. The molecule has 0 bridgehead atoms. The van der Waals surface area contributed by atoms with Crippen molar-refractivity contribution in [2.75, 3.05) is 20.2 Å². The Morgan fingerprint density at radius 1 is 1.40 bits per heavy atom. The van der Waals surface area contributed by atoms with Gasteiger partial charge in [0.15, 0.2) is 0 Å². The van der Waals surface area contributed by atoms with Crippen LogP contribution in [0, 0.1) is 5.92 Å². The van der Waals surface area contributed by atoms with Crippen LogP contribution in [0.5, 0.6) is 0 Å². The first-order valence-corrected chi connectivity index (χ1v) is 6.81. The van der Waals surface area contributed by atoms with E-state index in [0.29, 0.717) is 12.5 Å². The largest absolute Gasteiger partial charge is 0.453 e. The molecule has 4 nitrogen and oxygen atoms in total. The lowest BCUT2D eigenvalue weighted by Crippen LogP contribution is -2.52. The number of hydrogen-bond acceptors (Lipinski definition) is 3. The van der Waals surface area contributed by atoms with Gasteiger partial charge < -0.3 is 10.1 Å². The summed E-state index contributed by atoms with van der Waals surface area (Å²) in [5, 5.41) is 3.36. The summed E-state index contributed by atoms with van der Waals surface area (Å²) in [5.74, 6) is 0.490. The van der Waals surface area contributed by atoms with Crippen molar-refractivity contribution in [2.45, 2.75) is 25.9 Å². The van der Waals surface area contributed by atoms with Crippen molar-refractivity contribution < 1.29 is 9.53 Å². The molecule has 20 heavy (non-hydrogen) atoms. The average Bonchev–Trinajstić information content (AvgIpc) is 2.46. The SMILES string of the molecule is COC(=O)N(Cc1ccccc1)C1CNCCC1C.Cl. The highest BCUT2D eigenvalue weighted by Crippen LogP contribution is 2.20. The molecule has 1 aliphatic heterocycles. The minimum Gasteiger partial charge on any atom is -0.453 e. The standard InChI is InChI=1S/C15H22N2O2.ClH/c1-12-8-9-16-10-14(12)17(15(18)19-2)11-13-6-4-3-5-7-13;/h3-7,12,14,16H,8-11H2,1-2H3;1H. The molecule has 1 saturated heterocycles. The number of nitrogens with one attached hydrogen (secondary N) is 1. The molecule has 5 heteroatoms. The van der Waals surface area contributed by atoms with Crippen molar-refractivity contribution in [3.05, 3.63) is 35.9 Å². The molecule has 1 fully saturated rings. The van der Waals surface area contributed by atoms with E-state index < -0.39 is 0 Å². The number of methoxy groups -OCH3 is 1. The summed E-state index contributed by atoms with van der Waals surface area (Å²) < 4.78 is 4.95. The van der Waals surface area contributed by atoms with E-state index in [1.54, 1.807) is 0 Å². The van der Waals surface area contributed by atoms with Crippen LogP contribution in [0.15, 0.2) is 30.3 Å². The fraction of sp³-hybridized carbons (Fsp3) is 0.533. The zero-order valence-corrected chi connectivity index (χ0v) is 12.9. The van der Waals surface area contributed by atoms with Crippen molar-refractivity contribution in [1.82, 2.24) is 10.2 Å². The lowest BCUT2D eigenvalue weighted by atomic mass is 9.93. The van der Waals surface area contributed by atoms with Gasteiger partial charge in [-0.05, 0) is 24.4 Å². The van der Waals surface area contributed by atoms with Crippen LogP contribution in [0.1, 0.15) is 18.9 Å². The van der Waals surface area contributed by atoms with Gasteiger partial charge in [-0.2, -0.15) is 0 Å². The summed E-state index contributed by atoms with van der Waals surface area (Å²) in [4.78, 5) is 13.9. The number of hydrogen-bond donors (Lipinski definition) is 1. The second kappa shape index (κ2) is 8.12. The van der Waals surface area contributed by atoms with Crippen molar-refractivity contribution in [1.29, 1.82) is 0 Å². The Hall–Kier alpha value is -1.26. The van der Waals surface area contributed by atoms with E-state index in [0.717, 1.165) is 25.1 Å². The van der Waals surface area contributed by atoms with E-state index in [4.69, 9.17) is 4.74 Å². The Balaban J connectivity index is 0.00000200. The number of piperidine rings is 1. The van der Waals surface area contributed by atoms with Crippen molar-refractivity contribution >= 4 is 18.5 Å². The van der Waals surface area contributed by atoms with Gasteiger partial charge in [0.2, 0.25) is 0 Å².